The van der Waals surface area contributed by atoms with E-state index in [0.29, 0.717) is 19.3 Å². The van der Waals surface area contributed by atoms with Crippen LogP contribution in [-0.4, -0.2) is 48.2 Å². The predicted octanol–water partition coefficient (Wildman–Crippen LogP) is 4.31. The molecule has 2 aliphatic carbocycles. The number of ether oxygens (including phenoxy) is 1. The molecule has 7 nitrogen and oxygen atoms in total. The molecular weight excluding hydrogens is 458 g/mol. The Morgan fingerprint density at radius 3 is 2.17 bits per heavy atom. The number of rotatable bonds is 8. The summed E-state index contributed by atoms with van der Waals surface area (Å²) >= 11 is 0. The first-order chi connectivity index (χ1) is 16.8. The number of alkyl halides is 2. The Bertz CT molecular complexity index is 1050. The Morgan fingerprint density at radius 1 is 0.971 bits per heavy atom. The molecule has 0 radical (unpaired) electrons. The Labute approximate surface area is 201 Å². The number of hydrogen-bond acceptors (Lipinski definition) is 4. The third kappa shape index (κ3) is 5.61. The van der Waals surface area contributed by atoms with E-state index < -0.39 is 48.8 Å². The minimum atomic E-state index is -3.01. The second-order valence-corrected chi connectivity index (χ2v) is 9.01. The molecule has 1 saturated carbocycles. The van der Waals surface area contributed by atoms with Gasteiger partial charge in [-0.05, 0) is 35.1 Å². The molecule has 2 aromatic carbocycles. The van der Waals surface area contributed by atoms with Gasteiger partial charge in [0, 0.05) is 12.0 Å². The molecule has 3 N–H and O–H groups in total. The van der Waals surface area contributed by atoms with Crippen molar-refractivity contribution in [2.75, 3.05) is 6.61 Å². The Morgan fingerprint density at radius 2 is 1.57 bits per heavy atom. The maximum atomic E-state index is 13.2. The highest BCUT2D eigenvalue weighted by Gasteiger charge is 2.36. The molecule has 0 saturated heterocycles. The summed E-state index contributed by atoms with van der Waals surface area (Å²) in [7, 11) is 0. The van der Waals surface area contributed by atoms with Gasteiger partial charge in [0.1, 0.15) is 12.6 Å². The summed E-state index contributed by atoms with van der Waals surface area (Å²) < 4.78 is 31.9. The average molecular weight is 487 g/mol. The number of carboxylic acid groups (broad SMARTS) is 1. The van der Waals surface area contributed by atoms with Crippen LogP contribution in [-0.2, 0) is 14.3 Å². The van der Waals surface area contributed by atoms with Gasteiger partial charge in [0.15, 0.2) is 0 Å². The van der Waals surface area contributed by atoms with Crippen LogP contribution in [0.4, 0.5) is 13.6 Å². The largest absolute Gasteiger partial charge is 0.481 e. The zero-order valence-electron chi connectivity index (χ0n) is 19.1. The van der Waals surface area contributed by atoms with Gasteiger partial charge in [-0.3, -0.25) is 9.59 Å². The van der Waals surface area contributed by atoms with E-state index >= 15 is 0 Å². The third-order valence-corrected chi connectivity index (χ3v) is 6.78. The molecule has 0 heterocycles. The van der Waals surface area contributed by atoms with Crippen molar-refractivity contribution < 1.29 is 33.0 Å². The van der Waals surface area contributed by atoms with E-state index in [1.807, 2.05) is 48.5 Å². The quantitative estimate of drug-likeness (QED) is 0.516. The lowest BCUT2D eigenvalue weighted by Crippen LogP contribution is -2.52. The van der Waals surface area contributed by atoms with Crippen molar-refractivity contribution in [3.63, 3.8) is 0 Å². The molecule has 0 aliphatic heterocycles. The molecule has 3 unspecified atom stereocenters. The summed E-state index contributed by atoms with van der Waals surface area (Å²) in [6, 6.07) is 13.6. The first kappa shape index (κ1) is 24.6. The van der Waals surface area contributed by atoms with Crippen molar-refractivity contribution >= 4 is 18.0 Å². The van der Waals surface area contributed by atoms with Crippen LogP contribution in [0.3, 0.4) is 0 Å². The van der Waals surface area contributed by atoms with Crippen molar-refractivity contribution in [2.24, 2.45) is 5.92 Å². The number of fused-ring (bicyclic) bond motifs is 3. The van der Waals surface area contributed by atoms with E-state index in [4.69, 9.17) is 9.84 Å². The minimum Gasteiger partial charge on any atom is -0.481 e. The number of nitrogens with one attached hydrogen (secondary N) is 2. The van der Waals surface area contributed by atoms with Crippen LogP contribution in [0, 0.1) is 5.92 Å². The predicted molar refractivity (Wildman–Crippen MR) is 124 cm³/mol. The van der Waals surface area contributed by atoms with E-state index in [-0.39, 0.29) is 12.5 Å². The maximum Gasteiger partial charge on any atom is 0.407 e. The van der Waals surface area contributed by atoms with E-state index in [0.717, 1.165) is 28.7 Å². The number of benzene rings is 2. The number of amides is 2. The fraction of sp³-hybridized carbons (Fsp3) is 0.423. The van der Waals surface area contributed by atoms with Gasteiger partial charge in [-0.1, -0.05) is 61.4 Å². The second kappa shape index (κ2) is 10.8. The smallest absolute Gasteiger partial charge is 0.407 e. The van der Waals surface area contributed by atoms with E-state index in [2.05, 4.69) is 10.6 Å². The van der Waals surface area contributed by atoms with Gasteiger partial charge in [-0.2, -0.15) is 0 Å². The summed E-state index contributed by atoms with van der Waals surface area (Å²) in [5, 5.41) is 13.7. The summed E-state index contributed by atoms with van der Waals surface area (Å²) in [6.45, 7) is 0.121. The number of carbonyl (C=O) groups excluding carboxylic acids is 2. The van der Waals surface area contributed by atoms with Crippen molar-refractivity contribution in [3.8, 4) is 11.1 Å². The molecule has 4 rings (SSSR count). The zero-order chi connectivity index (χ0) is 24.9. The molecule has 2 aliphatic rings. The topological polar surface area (TPSA) is 105 Å². The number of aliphatic carboxylic acids is 1. The first-order valence-electron chi connectivity index (χ1n) is 11.8. The zero-order valence-corrected chi connectivity index (χ0v) is 19.1. The lowest BCUT2D eigenvalue weighted by atomic mass is 9.83. The summed E-state index contributed by atoms with van der Waals surface area (Å²) in [5.74, 6) is -2.95. The normalized spacial score (nSPS) is 20.0. The highest BCUT2D eigenvalue weighted by Crippen LogP contribution is 2.44. The fourth-order valence-corrected chi connectivity index (χ4v) is 5.09. The number of alkyl carbamates (subject to hydrolysis) is 1. The van der Waals surface area contributed by atoms with Gasteiger partial charge in [0.25, 0.3) is 6.43 Å². The van der Waals surface area contributed by atoms with Crippen LogP contribution in [0.25, 0.3) is 11.1 Å². The van der Waals surface area contributed by atoms with Gasteiger partial charge >= 0.3 is 12.1 Å². The summed E-state index contributed by atoms with van der Waals surface area (Å²) in [6.07, 6.45) is -2.17. The molecule has 2 aromatic rings. The third-order valence-electron chi connectivity index (χ3n) is 6.78. The van der Waals surface area contributed by atoms with Gasteiger partial charge in [0.05, 0.1) is 12.3 Å². The Balaban J connectivity index is 1.38. The molecule has 1 fully saturated rings. The maximum absolute atomic E-state index is 13.2. The molecule has 186 valence electrons. The molecule has 2 amide bonds. The van der Waals surface area contributed by atoms with Crippen molar-refractivity contribution in [2.45, 2.75) is 56.5 Å². The van der Waals surface area contributed by atoms with E-state index in [1.54, 1.807) is 0 Å². The van der Waals surface area contributed by atoms with E-state index in [1.165, 1.54) is 0 Å². The van der Waals surface area contributed by atoms with Crippen LogP contribution in [0.1, 0.15) is 49.1 Å². The SMILES string of the molecule is O=C(O)CC(NC(=O)C1CCCCC1NC(=O)OCC1c2ccccc2-c2ccccc21)C(F)F. The lowest BCUT2D eigenvalue weighted by molar-refractivity contribution is -0.139. The molecule has 9 heteroatoms. The monoisotopic (exact) mass is 486 g/mol. The lowest BCUT2D eigenvalue weighted by Gasteiger charge is -2.32. The molecule has 0 spiro atoms. The first-order valence-corrected chi connectivity index (χ1v) is 11.8. The highest BCUT2D eigenvalue weighted by atomic mass is 19.3. The molecule has 35 heavy (non-hydrogen) atoms. The van der Waals surface area contributed by atoms with Crippen LogP contribution < -0.4 is 10.6 Å². The number of carboxylic acids is 1. The van der Waals surface area contributed by atoms with Crippen molar-refractivity contribution in [1.82, 2.24) is 10.6 Å². The molecular formula is C26H28F2N2O5. The van der Waals surface area contributed by atoms with Gasteiger partial charge < -0.3 is 20.5 Å². The minimum absolute atomic E-state index is 0.110. The summed E-state index contributed by atoms with van der Waals surface area (Å²) in [4.78, 5) is 36.2. The number of carbonyl (C=O) groups is 3. The van der Waals surface area contributed by atoms with Gasteiger partial charge in [-0.25, -0.2) is 13.6 Å². The van der Waals surface area contributed by atoms with E-state index in [9.17, 15) is 23.2 Å². The number of hydrogen-bond donors (Lipinski definition) is 3. The van der Waals surface area contributed by atoms with Gasteiger partial charge in [0.2, 0.25) is 5.91 Å². The molecule has 0 aromatic heterocycles. The Kier molecular flexibility index (Phi) is 7.63. The van der Waals surface area contributed by atoms with Crippen LogP contribution in [0.2, 0.25) is 0 Å². The highest BCUT2D eigenvalue weighted by molar-refractivity contribution is 5.82. The Hall–Kier alpha value is -3.49. The standard InChI is InChI=1S/C26H28F2N2O5/c27-24(28)22(13-23(31)32)29-25(33)19-11-5-6-12-21(19)30-26(34)35-14-20-17-9-3-1-7-15(17)16-8-2-4-10-18(16)20/h1-4,7-10,19-22,24H,5-6,11-14H2,(H,29,33)(H,30,34)(H,31,32). The van der Waals surface area contributed by atoms with Crippen molar-refractivity contribution in [1.29, 1.82) is 0 Å². The van der Waals surface area contributed by atoms with Crippen LogP contribution >= 0.6 is 0 Å². The van der Waals surface area contributed by atoms with Crippen molar-refractivity contribution in [3.05, 3.63) is 59.7 Å². The van der Waals surface area contributed by atoms with Crippen LogP contribution in [0.5, 0.6) is 0 Å². The molecule has 3 atom stereocenters. The van der Waals surface area contributed by atoms with Crippen LogP contribution in [0.15, 0.2) is 48.5 Å². The second-order valence-electron chi connectivity index (χ2n) is 9.01. The fourth-order valence-electron chi connectivity index (χ4n) is 5.09. The average Bonchev–Trinajstić information content (AvgIpc) is 3.16. The molecule has 0 bridgehead atoms. The van der Waals surface area contributed by atoms with Gasteiger partial charge in [-0.15, -0.1) is 0 Å². The summed E-state index contributed by atoms with van der Waals surface area (Å²) in [5.41, 5.74) is 4.37. The number of halogens is 2.